The van der Waals surface area contributed by atoms with Gasteiger partial charge < -0.3 is 5.73 Å². The van der Waals surface area contributed by atoms with Crippen molar-refractivity contribution >= 4 is 0 Å². The molecule has 0 bridgehead atoms. The molecule has 0 aliphatic carbocycles. The average Bonchev–Trinajstić information content (AvgIpc) is 2.99. The molecule has 1 unspecified atom stereocenters. The van der Waals surface area contributed by atoms with Crippen molar-refractivity contribution in [1.82, 2.24) is 14.7 Å². The van der Waals surface area contributed by atoms with Crippen molar-refractivity contribution in [2.45, 2.75) is 18.5 Å². The summed E-state index contributed by atoms with van der Waals surface area (Å²) in [4.78, 5) is 2.41. The molecule has 3 rings (SSSR count). The molecule has 2 aromatic rings. The van der Waals surface area contributed by atoms with Gasteiger partial charge in [-0.05, 0) is 18.1 Å². The fourth-order valence-corrected chi connectivity index (χ4v) is 2.78. The summed E-state index contributed by atoms with van der Waals surface area (Å²) in [6.07, 6.45) is 2.93. The fraction of sp³-hybridized carbons (Fsp3) is 0.400. The van der Waals surface area contributed by atoms with Crippen LogP contribution in [0.4, 0.5) is 0 Å². The van der Waals surface area contributed by atoms with E-state index in [4.69, 9.17) is 5.73 Å². The van der Waals surface area contributed by atoms with Crippen molar-refractivity contribution in [3.05, 3.63) is 53.9 Å². The Morgan fingerprint density at radius 3 is 2.74 bits per heavy atom. The van der Waals surface area contributed by atoms with Crippen LogP contribution in [0, 0.1) is 0 Å². The van der Waals surface area contributed by atoms with Crippen LogP contribution in [0.5, 0.6) is 0 Å². The minimum Gasteiger partial charge on any atom is -0.319 e. The largest absolute Gasteiger partial charge is 0.319 e. The van der Waals surface area contributed by atoms with Gasteiger partial charge in [0.25, 0.3) is 0 Å². The van der Waals surface area contributed by atoms with Crippen molar-refractivity contribution in [3.63, 3.8) is 0 Å². The van der Waals surface area contributed by atoms with Crippen molar-refractivity contribution in [3.8, 4) is 0 Å². The van der Waals surface area contributed by atoms with E-state index in [1.54, 1.807) is 0 Å². The predicted octanol–water partition coefficient (Wildman–Crippen LogP) is 1.48. The lowest BCUT2D eigenvalue weighted by molar-refractivity contribution is 0.302. The first-order valence-electron chi connectivity index (χ1n) is 6.71. The van der Waals surface area contributed by atoms with Crippen LogP contribution >= 0.6 is 0 Å². The molecule has 1 aliphatic rings. The molecule has 100 valence electrons. The molecule has 19 heavy (non-hydrogen) atoms. The summed E-state index contributed by atoms with van der Waals surface area (Å²) in [7, 11) is 1.93. The second-order valence-electron chi connectivity index (χ2n) is 5.48. The summed E-state index contributed by atoms with van der Waals surface area (Å²) < 4.78 is 1.82. The minimum absolute atomic E-state index is 0.296. The maximum absolute atomic E-state index is 6.52. The maximum Gasteiger partial charge on any atom is 0.0836 e. The molecule has 1 atom stereocenters. The van der Waals surface area contributed by atoms with Gasteiger partial charge >= 0.3 is 0 Å². The number of rotatable bonds is 3. The van der Waals surface area contributed by atoms with E-state index in [0.29, 0.717) is 0 Å². The molecule has 2 N–H and O–H groups in total. The van der Waals surface area contributed by atoms with E-state index >= 15 is 0 Å². The van der Waals surface area contributed by atoms with Gasteiger partial charge in [-0.25, -0.2) is 0 Å². The van der Waals surface area contributed by atoms with Gasteiger partial charge in [0, 0.05) is 32.9 Å². The lowest BCUT2D eigenvalue weighted by Crippen LogP contribution is -2.40. The predicted molar refractivity (Wildman–Crippen MR) is 75.4 cm³/mol. The van der Waals surface area contributed by atoms with Gasteiger partial charge in [-0.3, -0.25) is 9.58 Å². The zero-order chi connectivity index (χ0) is 13.3. The molecule has 0 spiro atoms. The van der Waals surface area contributed by atoms with E-state index in [0.717, 1.165) is 31.7 Å². The Morgan fingerprint density at radius 2 is 2.05 bits per heavy atom. The van der Waals surface area contributed by atoms with Crippen molar-refractivity contribution in [2.75, 3.05) is 13.1 Å². The molecular weight excluding hydrogens is 236 g/mol. The average molecular weight is 256 g/mol. The zero-order valence-electron chi connectivity index (χ0n) is 11.3. The van der Waals surface area contributed by atoms with Gasteiger partial charge in [0.1, 0.15) is 0 Å². The highest BCUT2D eigenvalue weighted by molar-refractivity contribution is 5.18. The lowest BCUT2D eigenvalue weighted by atomic mass is 9.96. The van der Waals surface area contributed by atoms with E-state index in [2.05, 4.69) is 40.3 Å². The summed E-state index contributed by atoms with van der Waals surface area (Å²) in [5, 5.41) is 4.47. The summed E-state index contributed by atoms with van der Waals surface area (Å²) in [6, 6.07) is 12.6. The molecular formula is C15H20N4. The molecule has 1 aromatic heterocycles. The van der Waals surface area contributed by atoms with E-state index in [9.17, 15) is 0 Å². The van der Waals surface area contributed by atoms with E-state index in [-0.39, 0.29) is 5.54 Å². The molecule has 0 amide bonds. The third kappa shape index (κ3) is 2.55. The number of nitrogens with zero attached hydrogens (tertiary/aromatic N) is 3. The van der Waals surface area contributed by atoms with E-state index in [1.165, 1.54) is 5.56 Å². The Kier molecular flexibility index (Phi) is 3.12. The Labute approximate surface area is 113 Å². The Bertz CT molecular complexity index is 548. The highest BCUT2D eigenvalue weighted by Crippen LogP contribution is 2.29. The smallest absolute Gasteiger partial charge is 0.0836 e. The number of hydrogen-bond donors (Lipinski definition) is 1. The minimum atomic E-state index is -0.296. The molecule has 0 radical (unpaired) electrons. The number of nitrogens with two attached hydrogens (primary N) is 1. The van der Waals surface area contributed by atoms with Crippen molar-refractivity contribution < 1.29 is 0 Å². The Balaban J connectivity index is 1.70. The normalized spacial score (nSPS) is 23.9. The number of aryl methyl sites for hydroxylation is 1. The van der Waals surface area contributed by atoms with Gasteiger partial charge in [-0.15, -0.1) is 0 Å². The van der Waals surface area contributed by atoms with Crippen molar-refractivity contribution in [2.24, 2.45) is 12.8 Å². The lowest BCUT2D eigenvalue weighted by Gasteiger charge is -2.22. The molecule has 2 heterocycles. The number of benzene rings is 1. The molecule has 1 fully saturated rings. The molecule has 1 aliphatic heterocycles. The van der Waals surface area contributed by atoms with Gasteiger partial charge in [0.05, 0.1) is 11.2 Å². The molecule has 0 saturated carbocycles. The fourth-order valence-electron chi connectivity index (χ4n) is 2.78. The van der Waals surface area contributed by atoms with Crippen LogP contribution in [0.2, 0.25) is 0 Å². The van der Waals surface area contributed by atoms with E-state index in [1.807, 2.05) is 24.0 Å². The summed E-state index contributed by atoms with van der Waals surface area (Å²) in [5.74, 6) is 0. The second-order valence-corrected chi connectivity index (χ2v) is 5.48. The third-order valence-electron chi connectivity index (χ3n) is 3.85. The quantitative estimate of drug-likeness (QED) is 0.905. The van der Waals surface area contributed by atoms with Gasteiger partial charge in [-0.2, -0.15) is 5.10 Å². The SMILES string of the molecule is Cn1ccc(C2(N)CCN(Cc3ccccc3)C2)n1. The first-order chi connectivity index (χ1) is 9.16. The van der Waals surface area contributed by atoms with Crippen LogP contribution < -0.4 is 5.73 Å². The number of likely N-dealkylation sites (tertiary alicyclic amines) is 1. The third-order valence-corrected chi connectivity index (χ3v) is 3.85. The summed E-state index contributed by atoms with van der Waals surface area (Å²) in [5.41, 5.74) is 8.57. The topological polar surface area (TPSA) is 47.1 Å². The standard InChI is InChI=1S/C15H20N4/c1-18-9-7-14(17-18)15(16)8-10-19(12-15)11-13-5-3-2-4-6-13/h2-7,9H,8,10-12,16H2,1H3. The monoisotopic (exact) mass is 256 g/mol. The van der Waals surface area contributed by atoms with Crippen LogP contribution in [-0.2, 0) is 19.1 Å². The van der Waals surface area contributed by atoms with Crippen LogP contribution in [0.1, 0.15) is 17.7 Å². The maximum atomic E-state index is 6.52. The molecule has 4 heteroatoms. The Hall–Kier alpha value is -1.65. The summed E-state index contributed by atoms with van der Waals surface area (Å²) in [6.45, 7) is 2.87. The molecule has 1 aromatic carbocycles. The first-order valence-corrected chi connectivity index (χ1v) is 6.71. The highest BCUT2D eigenvalue weighted by atomic mass is 15.3. The second kappa shape index (κ2) is 4.79. The molecule has 4 nitrogen and oxygen atoms in total. The molecule has 1 saturated heterocycles. The Morgan fingerprint density at radius 1 is 1.26 bits per heavy atom. The van der Waals surface area contributed by atoms with Crippen LogP contribution in [0.3, 0.4) is 0 Å². The number of aromatic nitrogens is 2. The zero-order valence-corrected chi connectivity index (χ0v) is 11.3. The summed E-state index contributed by atoms with van der Waals surface area (Å²) >= 11 is 0. The van der Waals surface area contributed by atoms with Crippen LogP contribution in [0.15, 0.2) is 42.6 Å². The van der Waals surface area contributed by atoms with Gasteiger partial charge in [-0.1, -0.05) is 30.3 Å². The first kappa shape index (κ1) is 12.4. The van der Waals surface area contributed by atoms with Crippen molar-refractivity contribution in [1.29, 1.82) is 0 Å². The highest BCUT2D eigenvalue weighted by Gasteiger charge is 2.37. The van der Waals surface area contributed by atoms with E-state index < -0.39 is 0 Å². The number of hydrogen-bond acceptors (Lipinski definition) is 3. The van der Waals surface area contributed by atoms with Crippen LogP contribution in [-0.4, -0.2) is 27.8 Å². The van der Waals surface area contributed by atoms with Crippen LogP contribution in [0.25, 0.3) is 0 Å². The van der Waals surface area contributed by atoms with Gasteiger partial charge in [0.15, 0.2) is 0 Å². The van der Waals surface area contributed by atoms with Gasteiger partial charge in [0.2, 0.25) is 0 Å².